The van der Waals surface area contributed by atoms with Crippen LogP contribution in [0.5, 0.6) is 0 Å². The number of hydrogen-bond donors (Lipinski definition) is 0. The molecule has 0 radical (unpaired) electrons. The van der Waals surface area contributed by atoms with Crippen LogP contribution in [-0.2, 0) is 25.7 Å². The molecule has 0 aliphatic heterocycles. The van der Waals surface area contributed by atoms with Crippen molar-refractivity contribution in [2.24, 2.45) is 50.2 Å². The third kappa shape index (κ3) is 4.70. The van der Waals surface area contributed by atoms with Crippen molar-refractivity contribution < 1.29 is 19.1 Å². The fraction of sp³-hybridized carbons (Fsp3) is 0.744. The monoisotopic (exact) mass is 666 g/mol. The molecule has 5 aliphatic carbocycles. The smallest absolute Gasteiger partial charge is 0.313 e. The minimum absolute atomic E-state index is 0.0148. The summed E-state index contributed by atoms with van der Waals surface area (Å²) >= 11 is 4.27. The standard InChI is InChI=1S/C39H55BrO4/c1-25(41)44-31-15-16-36(6)29(35(31,4)5)14-17-37(7)30(36)22-28(40)32-27-23-34(2,3)18-20-39(27,21-19-38(32,37)8)33(42)43-24-26-12-10-9-11-13-26/h9-13,27,29-31H,14-24H2,1-8H3/t27?,29?,30?,31-,36-,37+,38+,39-/m0/s1. The molecule has 0 amide bonds. The van der Waals surface area contributed by atoms with Crippen LogP contribution in [0.3, 0.4) is 0 Å². The van der Waals surface area contributed by atoms with E-state index in [0.717, 1.165) is 63.4 Å². The van der Waals surface area contributed by atoms with E-state index in [1.807, 2.05) is 30.3 Å². The van der Waals surface area contributed by atoms with E-state index in [9.17, 15) is 9.59 Å². The maximum Gasteiger partial charge on any atom is 0.313 e. The Kier molecular flexibility index (Phi) is 7.87. The number of benzene rings is 1. The Hall–Kier alpha value is -1.62. The first kappa shape index (κ1) is 32.3. The van der Waals surface area contributed by atoms with E-state index >= 15 is 0 Å². The zero-order chi connectivity index (χ0) is 31.9. The predicted molar refractivity (Wildman–Crippen MR) is 179 cm³/mol. The first-order chi connectivity index (χ1) is 20.5. The van der Waals surface area contributed by atoms with Crippen LogP contribution in [0.4, 0.5) is 0 Å². The van der Waals surface area contributed by atoms with Crippen LogP contribution in [0.2, 0.25) is 0 Å². The van der Waals surface area contributed by atoms with Crippen LogP contribution in [0.15, 0.2) is 40.4 Å². The Labute approximate surface area is 274 Å². The van der Waals surface area contributed by atoms with Crippen molar-refractivity contribution >= 4 is 27.9 Å². The summed E-state index contributed by atoms with van der Waals surface area (Å²) in [7, 11) is 0. The Bertz CT molecular complexity index is 1350. The van der Waals surface area contributed by atoms with Crippen molar-refractivity contribution in [2.75, 3.05) is 0 Å². The van der Waals surface area contributed by atoms with Gasteiger partial charge in [0.15, 0.2) is 0 Å². The highest BCUT2D eigenvalue weighted by atomic mass is 79.9. The maximum atomic E-state index is 14.3. The molecule has 5 heteroatoms. The van der Waals surface area contributed by atoms with Gasteiger partial charge in [-0.1, -0.05) is 94.7 Å². The maximum absolute atomic E-state index is 14.3. The summed E-state index contributed by atoms with van der Waals surface area (Å²) in [4.78, 5) is 26.4. The molecule has 1 aromatic carbocycles. The molecule has 5 aliphatic rings. The second-order valence-electron chi connectivity index (χ2n) is 17.5. The van der Waals surface area contributed by atoms with Crippen molar-refractivity contribution in [3.8, 4) is 0 Å². The van der Waals surface area contributed by atoms with Crippen molar-refractivity contribution in [2.45, 2.75) is 132 Å². The number of fused-ring (bicyclic) bond motifs is 7. The minimum Gasteiger partial charge on any atom is -0.462 e. The van der Waals surface area contributed by atoms with Gasteiger partial charge in [0.25, 0.3) is 0 Å². The first-order valence-electron chi connectivity index (χ1n) is 17.3. The molecule has 1 aromatic rings. The Morgan fingerprint density at radius 2 is 1.55 bits per heavy atom. The van der Waals surface area contributed by atoms with Crippen LogP contribution >= 0.6 is 15.9 Å². The van der Waals surface area contributed by atoms with Crippen molar-refractivity contribution in [3.05, 3.63) is 46.0 Å². The predicted octanol–water partition coefficient (Wildman–Crippen LogP) is 10.2. The van der Waals surface area contributed by atoms with Crippen molar-refractivity contribution in [3.63, 3.8) is 0 Å². The summed E-state index contributed by atoms with van der Waals surface area (Å²) < 4.78 is 13.5. The van der Waals surface area contributed by atoms with E-state index in [0.29, 0.717) is 18.4 Å². The van der Waals surface area contributed by atoms with E-state index in [1.54, 1.807) is 12.5 Å². The topological polar surface area (TPSA) is 52.6 Å². The van der Waals surface area contributed by atoms with Gasteiger partial charge < -0.3 is 9.47 Å². The van der Waals surface area contributed by atoms with Gasteiger partial charge in [-0.3, -0.25) is 9.59 Å². The van der Waals surface area contributed by atoms with E-state index < -0.39 is 5.41 Å². The van der Waals surface area contributed by atoms with E-state index in [1.165, 1.54) is 10.9 Å². The second kappa shape index (κ2) is 10.7. The molecule has 0 aromatic heterocycles. The fourth-order valence-electron chi connectivity index (χ4n) is 11.9. The molecule has 0 heterocycles. The van der Waals surface area contributed by atoms with Gasteiger partial charge in [0.2, 0.25) is 0 Å². The molecule has 0 spiro atoms. The lowest BCUT2D eigenvalue weighted by atomic mass is 9.33. The average molecular weight is 668 g/mol. The van der Waals surface area contributed by atoms with Gasteiger partial charge in [-0.15, -0.1) is 0 Å². The highest BCUT2D eigenvalue weighted by Gasteiger charge is 2.70. The molecule has 4 saturated carbocycles. The molecule has 3 unspecified atom stereocenters. The van der Waals surface area contributed by atoms with Gasteiger partial charge in [0.1, 0.15) is 12.7 Å². The number of allylic oxidation sites excluding steroid dienone is 2. The summed E-state index contributed by atoms with van der Waals surface area (Å²) in [5.41, 5.74) is 2.58. The number of rotatable bonds is 4. The summed E-state index contributed by atoms with van der Waals surface area (Å²) in [5, 5.41) is 0. The first-order valence-corrected chi connectivity index (χ1v) is 18.1. The van der Waals surface area contributed by atoms with Gasteiger partial charge in [0.05, 0.1) is 5.41 Å². The molecule has 242 valence electrons. The Balaban J connectivity index is 1.38. The molecule has 6 rings (SSSR count). The van der Waals surface area contributed by atoms with Crippen molar-refractivity contribution in [1.82, 2.24) is 0 Å². The molecule has 0 bridgehead atoms. The molecule has 4 fully saturated rings. The minimum atomic E-state index is -0.452. The number of halogens is 1. The normalized spacial score (nSPS) is 42.2. The molecule has 0 N–H and O–H groups in total. The third-order valence-corrected chi connectivity index (χ3v) is 15.3. The average Bonchev–Trinajstić information content (AvgIpc) is 2.94. The lowest BCUT2D eigenvalue weighted by Crippen LogP contribution is -2.65. The Morgan fingerprint density at radius 1 is 0.864 bits per heavy atom. The highest BCUT2D eigenvalue weighted by molar-refractivity contribution is 9.11. The highest BCUT2D eigenvalue weighted by Crippen LogP contribution is 2.77. The van der Waals surface area contributed by atoms with Crippen LogP contribution in [0.25, 0.3) is 0 Å². The largest absolute Gasteiger partial charge is 0.462 e. The molecular weight excluding hydrogens is 612 g/mol. The number of esters is 2. The number of carbonyl (C=O) groups excluding carboxylic acids is 2. The molecule has 8 atom stereocenters. The molecular formula is C39H55BrO4. The van der Waals surface area contributed by atoms with Gasteiger partial charge in [-0.05, 0) is 119 Å². The zero-order valence-corrected chi connectivity index (χ0v) is 30.1. The number of hydrogen-bond acceptors (Lipinski definition) is 4. The fourth-order valence-corrected chi connectivity index (χ4v) is 12.9. The molecule has 44 heavy (non-hydrogen) atoms. The van der Waals surface area contributed by atoms with Gasteiger partial charge in [-0.25, -0.2) is 0 Å². The van der Waals surface area contributed by atoms with E-state index in [4.69, 9.17) is 9.47 Å². The summed E-state index contributed by atoms with van der Waals surface area (Å²) in [6.45, 7) is 19.1. The van der Waals surface area contributed by atoms with Gasteiger partial charge in [-0.2, -0.15) is 0 Å². The molecule has 4 nitrogen and oxygen atoms in total. The third-order valence-electron chi connectivity index (χ3n) is 14.5. The summed E-state index contributed by atoms with van der Waals surface area (Å²) in [6, 6.07) is 10.1. The van der Waals surface area contributed by atoms with E-state index in [-0.39, 0.29) is 51.0 Å². The van der Waals surface area contributed by atoms with Crippen LogP contribution in [0.1, 0.15) is 125 Å². The zero-order valence-electron chi connectivity index (χ0n) is 28.5. The lowest BCUT2D eigenvalue weighted by molar-refractivity contribution is -0.214. The van der Waals surface area contributed by atoms with E-state index in [2.05, 4.69) is 64.4 Å². The van der Waals surface area contributed by atoms with Crippen LogP contribution in [-0.4, -0.2) is 18.0 Å². The number of ether oxygens (including phenoxy) is 2. The van der Waals surface area contributed by atoms with Crippen LogP contribution < -0.4 is 0 Å². The lowest BCUT2D eigenvalue weighted by Gasteiger charge is -2.71. The molecule has 0 saturated heterocycles. The SMILES string of the molecule is CC(=O)O[C@H]1CC[C@@]2(C)C(CC[C@]3(C)C2CC(Br)=C2C4CC(C)(C)CC[C@]4(C(=O)OCc4ccccc4)CC[C@]23C)C1(C)C. The van der Waals surface area contributed by atoms with Crippen molar-refractivity contribution in [1.29, 1.82) is 0 Å². The number of carbonyl (C=O) groups is 2. The second-order valence-corrected chi connectivity index (χ2v) is 18.5. The summed E-state index contributed by atoms with van der Waals surface area (Å²) in [6.07, 6.45) is 10.3. The quantitative estimate of drug-likeness (QED) is 0.300. The Morgan fingerprint density at radius 3 is 2.23 bits per heavy atom. The summed E-state index contributed by atoms with van der Waals surface area (Å²) in [5.74, 6) is 1.09. The van der Waals surface area contributed by atoms with Crippen LogP contribution in [0, 0.1) is 50.2 Å². The van der Waals surface area contributed by atoms with Gasteiger partial charge in [0, 0.05) is 12.3 Å². The van der Waals surface area contributed by atoms with Gasteiger partial charge >= 0.3 is 11.9 Å².